The Morgan fingerprint density at radius 1 is 1.30 bits per heavy atom. The minimum atomic E-state index is -4.49. The molecular weight excluding hydrogens is 331 g/mol. The van der Waals surface area contributed by atoms with Crippen molar-refractivity contribution >= 4 is 17.7 Å². The van der Waals surface area contributed by atoms with Crippen LogP contribution >= 0.6 is 11.6 Å². The van der Waals surface area contributed by atoms with Crippen LogP contribution in [0.25, 0.3) is 0 Å². The third-order valence-electron chi connectivity index (χ3n) is 3.61. The Labute approximate surface area is 138 Å². The van der Waals surface area contributed by atoms with E-state index in [2.05, 4.69) is 0 Å². The maximum absolute atomic E-state index is 12.9. The van der Waals surface area contributed by atoms with E-state index in [-0.39, 0.29) is 10.9 Å². The second-order valence-corrected chi connectivity index (χ2v) is 7.00. The van der Waals surface area contributed by atoms with Crippen LogP contribution < -0.4 is 0 Å². The molecule has 0 aromatic heterocycles. The Kier molecular flexibility index (Phi) is 4.85. The van der Waals surface area contributed by atoms with Crippen molar-refractivity contribution < 1.29 is 22.7 Å². The van der Waals surface area contributed by atoms with Gasteiger partial charge in [-0.1, -0.05) is 23.7 Å². The molecule has 23 heavy (non-hydrogen) atoms. The molecule has 1 saturated heterocycles. The molecule has 1 unspecified atom stereocenters. The summed E-state index contributed by atoms with van der Waals surface area (Å²) in [5.74, 6) is -0.225. The van der Waals surface area contributed by atoms with E-state index in [0.717, 1.165) is 6.07 Å². The van der Waals surface area contributed by atoms with Crippen molar-refractivity contribution in [2.45, 2.75) is 44.9 Å². The molecule has 1 aromatic rings. The summed E-state index contributed by atoms with van der Waals surface area (Å²) in [6.07, 6.45) is -4.39. The molecular formula is C16H19ClF3NO2. The summed E-state index contributed by atoms with van der Waals surface area (Å²) in [7, 11) is 0. The molecule has 1 atom stereocenters. The largest absolute Gasteiger partial charge is 0.444 e. The van der Waals surface area contributed by atoms with Gasteiger partial charge in [0.25, 0.3) is 0 Å². The fraction of sp³-hybridized carbons (Fsp3) is 0.562. The highest BCUT2D eigenvalue weighted by Gasteiger charge is 2.37. The number of carbonyl (C=O) groups excluding carboxylic acids is 1. The molecule has 1 aliphatic rings. The number of hydrogen-bond donors (Lipinski definition) is 0. The van der Waals surface area contributed by atoms with E-state index in [0.29, 0.717) is 25.1 Å². The first-order valence-corrected chi connectivity index (χ1v) is 7.70. The second kappa shape index (κ2) is 6.23. The zero-order chi connectivity index (χ0) is 17.4. The van der Waals surface area contributed by atoms with Crippen LogP contribution in [0.2, 0.25) is 5.02 Å². The van der Waals surface area contributed by atoms with Crippen molar-refractivity contribution in [3.63, 3.8) is 0 Å². The third kappa shape index (κ3) is 4.31. The molecule has 128 valence electrons. The number of rotatable bonds is 1. The van der Waals surface area contributed by atoms with Crippen molar-refractivity contribution in [2.24, 2.45) is 0 Å². The fourth-order valence-corrected chi connectivity index (χ4v) is 2.98. The molecule has 7 heteroatoms. The highest BCUT2D eigenvalue weighted by molar-refractivity contribution is 6.32. The Hall–Kier alpha value is -1.43. The molecule has 3 nitrogen and oxygen atoms in total. The van der Waals surface area contributed by atoms with Crippen LogP contribution in [0, 0.1) is 0 Å². The van der Waals surface area contributed by atoms with Gasteiger partial charge in [-0.25, -0.2) is 4.79 Å². The van der Waals surface area contributed by atoms with E-state index < -0.39 is 23.4 Å². The van der Waals surface area contributed by atoms with E-state index in [1.54, 1.807) is 26.8 Å². The van der Waals surface area contributed by atoms with Gasteiger partial charge in [0.15, 0.2) is 0 Å². The lowest BCUT2D eigenvalue weighted by Gasteiger charge is -2.24. The smallest absolute Gasteiger partial charge is 0.417 e. The van der Waals surface area contributed by atoms with Gasteiger partial charge in [-0.2, -0.15) is 13.2 Å². The Bertz CT molecular complexity index is 596. The molecule has 1 fully saturated rings. The average Bonchev–Trinajstić information content (AvgIpc) is 2.85. The quantitative estimate of drug-likeness (QED) is 0.707. The van der Waals surface area contributed by atoms with E-state index >= 15 is 0 Å². The van der Waals surface area contributed by atoms with Crippen LogP contribution in [0.3, 0.4) is 0 Å². The zero-order valence-electron chi connectivity index (χ0n) is 13.2. The van der Waals surface area contributed by atoms with Gasteiger partial charge in [0.2, 0.25) is 0 Å². The molecule has 1 aromatic carbocycles. The van der Waals surface area contributed by atoms with Gasteiger partial charge in [0.05, 0.1) is 10.6 Å². The van der Waals surface area contributed by atoms with Crippen LogP contribution in [0.1, 0.15) is 44.2 Å². The predicted octanol–water partition coefficient (Wildman–Crippen LogP) is 5.08. The molecule has 0 N–H and O–H groups in total. The molecule has 1 aliphatic heterocycles. The monoisotopic (exact) mass is 349 g/mol. The summed E-state index contributed by atoms with van der Waals surface area (Å²) in [5.41, 5.74) is -1.02. The van der Waals surface area contributed by atoms with Gasteiger partial charge in [0.1, 0.15) is 5.60 Å². The molecule has 0 spiro atoms. The highest BCUT2D eigenvalue weighted by atomic mass is 35.5. The number of alkyl halides is 3. The van der Waals surface area contributed by atoms with Gasteiger partial charge in [0, 0.05) is 19.0 Å². The molecule has 0 bridgehead atoms. The molecule has 2 rings (SSSR count). The van der Waals surface area contributed by atoms with Crippen LogP contribution in [0.15, 0.2) is 18.2 Å². The number of halogens is 4. The Morgan fingerprint density at radius 2 is 1.96 bits per heavy atom. The van der Waals surface area contributed by atoms with Gasteiger partial charge >= 0.3 is 12.3 Å². The number of benzene rings is 1. The maximum Gasteiger partial charge on any atom is 0.417 e. The lowest BCUT2D eigenvalue weighted by Crippen LogP contribution is -2.35. The van der Waals surface area contributed by atoms with Crippen molar-refractivity contribution in [1.82, 2.24) is 4.90 Å². The standard InChI is InChI=1S/C16H19ClF3NO2/c1-15(2,3)23-14(22)21-8-7-10(9-21)11-5-4-6-12(13(11)17)16(18,19)20/h4-6,10H,7-9H2,1-3H3. The minimum absolute atomic E-state index is 0.225. The summed E-state index contributed by atoms with van der Waals surface area (Å²) in [4.78, 5) is 13.5. The van der Waals surface area contributed by atoms with Crippen LogP contribution in [-0.4, -0.2) is 29.7 Å². The maximum atomic E-state index is 12.9. The first kappa shape index (κ1) is 17.9. The molecule has 0 saturated carbocycles. The molecule has 0 radical (unpaired) electrons. The van der Waals surface area contributed by atoms with Crippen molar-refractivity contribution in [2.75, 3.05) is 13.1 Å². The van der Waals surface area contributed by atoms with E-state index in [4.69, 9.17) is 16.3 Å². The number of hydrogen-bond acceptors (Lipinski definition) is 2. The lowest BCUT2D eigenvalue weighted by atomic mass is 9.96. The van der Waals surface area contributed by atoms with Gasteiger partial charge < -0.3 is 9.64 Å². The summed E-state index contributed by atoms with van der Waals surface area (Å²) in [6.45, 7) is 6.04. The first-order chi connectivity index (χ1) is 10.5. The predicted molar refractivity (Wildman–Crippen MR) is 81.6 cm³/mol. The number of ether oxygens (including phenoxy) is 1. The topological polar surface area (TPSA) is 29.5 Å². The second-order valence-electron chi connectivity index (χ2n) is 6.62. The van der Waals surface area contributed by atoms with E-state index in [9.17, 15) is 18.0 Å². The van der Waals surface area contributed by atoms with E-state index in [1.807, 2.05) is 0 Å². The van der Waals surface area contributed by atoms with Crippen LogP contribution in [-0.2, 0) is 10.9 Å². The van der Waals surface area contributed by atoms with Crippen molar-refractivity contribution in [1.29, 1.82) is 0 Å². The van der Waals surface area contributed by atoms with Gasteiger partial charge in [-0.05, 0) is 38.8 Å². The summed E-state index contributed by atoms with van der Waals surface area (Å²) < 4.78 is 44.1. The number of amides is 1. The van der Waals surface area contributed by atoms with Gasteiger partial charge in [-0.15, -0.1) is 0 Å². The average molecular weight is 350 g/mol. The van der Waals surface area contributed by atoms with E-state index in [1.165, 1.54) is 11.0 Å². The van der Waals surface area contributed by atoms with Crippen LogP contribution in [0.5, 0.6) is 0 Å². The molecule has 1 amide bonds. The number of nitrogens with zero attached hydrogens (tertiary/aromatic N) is 1. The minimum Gasteiger partial charge on any atom is -0.444 e. The summed E-state index contributed by atoms with van der Waals surface area (Å²) in [6, 6.07) is 3.90. The van der Waals surface area contributed by atoms with Crippen molar-refractivity contribution in [3.05, 3.63) is 34.3 Å². The van der Waals surface area contributed by atoms with Crippen molar-refractivity contribution in [3.8, 4) is 0 Å². The highest BCUT2D eigenvalue weighted by Crippen LogP contribution is 2.40. The van der Waals surface area contributed by atoms with Gasteiger partial charge in [-0.3, -0.25) is 0 Å². The Morgan fingerprint density at radius 3 is 2.52 bits per heavy atom. The number of likely N-dealkylation sites (tertiary alicyclic amines) is 1. The summed E-state index contributed by atoms with van der Waals surface area (Å²) in [5, 5.41) is -0.281. The first-order valence-electron chi connectivity index (χ1n) is 7.32. The number of carbonyl (C=O) groups is 1. The summed E-state index contributed by atoms with van der Waals surface area (Å²) >= 11 is 5.95. The lowest BCUT2D eigenvalue weighted by molar-refractivity contribution is -0.137. The third-order valence-corrected chi connectivity index (χ3v) is 4.04. The zero-order valence-corrected chi connectivity index (χ0v) is 14.0. The molecule has 1 heterocycles. The van der Waals surface area contributed by atoms with Crippen LogP contribution in [0.4, 0.5) is 18.0 Å². The SMILES string of the molecule is CC(C)(C)OC(=O)N1CCC(c2cccc(C(F)(F)F)c2Cl)C1. The fourth-order valence-electron chi connectivity index (χ4n) is 2.59. The molecule has 0 aliphatic carbocycles. The Balaban J connectivity index is 2.15. The normalized spacial score (nSPS) is 19.1.